The van der Waals surface area contributed by atoms with Crippen LogP contribution in [-0.4, -0.2) is 59.5 Å². The first-order valence-electron chi connectivity index (χ1n) is 7.73. The van der Waals surface area contributed by atoms with Gasteiger partial charge in [0.25, 0.3) is 0 Å². The first-order valence-corrected chi connectivity index (χ1v) is 7.73. The van der Waals surface area contributed by atoms with E-state index in [-0.39, 0.29) is 5.54 Å². The zero-order valence-corrected chi connectivity index (χ0v) is 12.9. The van der Waals surface area contributed by atoms with Crippen molar-refractivity contribution in [3.8, 4) is 0 Å². The molecule has 0 saturated carbocycles. The normalized spacial score (nSPS) is 30.4. The molecule has 19 heavy (non-hydrogen) atoms. The van der Waals surface area contributed by atoms with E-state index in [1.807, 2.05) is 0 Å². The number of nitrogens with zero attached hydrogens (tertiary/aromatic N) is 2. The number of hydrogen-bond acceptors (Lipinski definition) is 3. The van der Waals surface area contributed by atoms with Gasteiger partial charge in [0.15, 0.2) is 0 Å². The number of rotatable bonds is 2. The van der Waals surface area contributed by atoms with Crippen LogP contribution < -0.4 is 5.32 Å². The molecule has 2 aliphatic heterocycles. The zero-order chi connectivity index (χ0) is 14.0. The van der Waals surface area contributed by atoms with Crippen molar-refractivity contribution >= 4 is 5.91 Å². The summed E-state index contributed by atoms with van der Waals surface area (Å²) >= 11 is 0. The highest BCUT2D eigenvalue weighted by Gasteiger charge is 2.41. The molecule has 0 bridgehead atoms. The summed E-state index contributed by atoms with van der Waals surface area (Å²) in [5.74, 6) is 0.314. The summed E-state index contributed by atoms with van der Waals surface area (Å²) in [4.78, 5) is 17.5. The van der Waals surface area contributed by atoms with E-state index >= 15 is 0 Å². The van der Waals surface area contributed by atoms with Crippen molar-refractivity contribution in [3.63, 3.8) is 0 Å². The van der Waals surface area contributed by atoms with Gasteiger partial charge in [0.05, 0.1) is 5.54 Å². The maximum Gasteiger partial charge on any atom is 0.243 e. The van der Waals surface area contributed by atoms with E-state index < -0.39 is 0 Å². The highest BCUT2D eigenvalue weighted by molar-refractivity contribution is 5.86. The number of likely N-dealkylation sites (tertiary alicyclic amines) is 1. The summed E-state index contributed by atoms with van der Waals surface area (Å²) < 4.78 is 0. The van der Waals surface area contributed by atoms with Gasteiger partial charge >= 0.3 is 0 Å². The van der Waals surface area contributed by atoms with E-state index in [9.17, 15) is 4.79 Å². The van der Waals surface area contributed by atoms with E-state index in [1.165, 1.54) is 6.42 Å². The van der Waals surface area contributed by atoms with Gasteiger partial charge in [-0.1, -0.05) is 0 Å². The molecule has 0 aromatic heterocycles. The Balaban J connectivity index is 2.11. The van der Waals surface area contributed by atoms with E-state index in [1.54, 1.807) is 0 Å². The molecule has 0 aromatic rings. The van der Waals surface area contributed by atoms with Crippen molar-refractivity contribution in [1.29, 1.82) is 0 Å². The number of piperidine rings is 1. The van der Waals surface area contributed by atoms with Gasteiger partial charge in [-0.05, 0) is 47.0 Å². The van der Waals surface area contributed by atoms with Crippen LogP contribution in [0, 0.1) is 0 Å². The Bertz CT molecular complexity index is 313. The fourth-order valence-corrected chi connectivity index (χ4v) is 3.50. The number of hydrogen-bond donors (Lipinski definition) is 1. The molecular weight excluding hydrogens is 238 g/mol. The lowest BCUT2D eigenvalue weighted by Gasteiger charge is -2.47. The van der Waals surface area contributed by atoms with E-state index in [0.29, 0.717) is 18.0 Å². The van der Waals surface area contributed by atoms with Crippen molar-refractivity contribution in [2.75, 3.05) is 26.2 Å². The third kappa shape index (κ3) is 2.95. The van der Waals surface area contributed by atoms with Gasteiger partial charge in [-0.3, -0.25) is 9.69 Å². The van der Waals surface area contributed by atoms with Crippen LogP contribution in [0.25, 0.3) is 0 Å². The summed E-state index contributed by atoms with van der Waals surface area (Å²) in [5.41, 5.74) is -0.373. The molecule has 0 radical (unpaired) electrons. The Hall–Kier alpha value is -0.610. The third-order valence-electron chi connectivity index (χ3n) is 4.86. The molecule has 0 aromatic carbocycles. The minimum absolute atomic E-state index is 0.314. The molecule has 2 atom stereocenters. The maximum absolute atomic E-state index is 13.0. The van der Waals surface area contributed by atoms with Gasteiger partial charge in [0.2, 0.25) is 5.91 Å². The second-order valence-corrected chi connectivity index (χ2v) is 6.64. The highest BCUT2D eigenvalue weighted by atomic mass is 16.2. The minimum Gasteiger partial charge on any atom is -0.336 e. The van der Waals surface area contributed by atoms with Crippen LogP contribution in [-0.2, 0) is 4.79 Å². The summed E-state index contributed by atoms with van der Waals surface area (Å²) in [5, 5.41) is 3.36. The average Bonchev–Trinajstić information content (AvgIpc) is 2.39. The van der Waals surface area contributed by atoms with Crippen molar-refractivity contribution < 1.29 is 4.79 Å². The van der Waals surface area contributed by atoms with Crippen molar-refractivity contribution in [1.82, 2.24) is 15.1 Å². The Labute approximate surface area is 117 Å². The first kappa shape index (κ1) is 14.8. The van der Waals surface area contributed by atoms with Crippen LogP contribution in [0.1, 0.15) is 47.0 Å². The minimum atomic E-state index is -0.373. The molecule has 2 fully saturated rings. The SMILES string of the molecule is C[C@@H]1CCC[C@H](C)N1C(=O)C(C)(C)N1CCNCC1. The van der Waals surface area contributed by atoms with Crippen LogP contribution in [0.3, 0.4) is 0 Å². The van der Waals surface area contributed by atoms with Crippen molar-refractivity contribution in [2.24, 2.45) is 0 Å². The van der Waals surface area contributed by atoms with Gasteiger partial charge < -0.3 is 10.2 Å². The maximum atomic E-state index is 13.0. The van der Waals surface area contributed by atoms with Crippen LogP contribution in [0.4, 0.5) is 0 Å². The second kappa shape index (κ2) is 5.80. The average molecular weight is 267 g/mol. The largest absolute Gasteiger partial charge is 0.336 e. The number of nitrogens with one attached hydrogen (secondary N) is 1. The number of amides is 1. The quantitative estimate of drug-likeness (QED) is 0.823. The predicted molar refractivity (Wildman–Crippen MR) is 78.1 cm³/mol. The Kier molecular flexibility index (Phi) is 4.51. The molecule has 0 aliphatic carbocycles. The van der Waals surface area contributed by atoms with Crippen molar-refractivity contribution in [2.45, 2.75) is 64.6 Å². The molecule has 2 rings (SSSR count). The summed E-state index contributed by atoms with van der Waals surface area (Å²) in [7, 11) is 0. The van der Waals surface area contributed by atoms with Gasteiger partial charge in [-0.15, -0.1) is 0 Å². The first-order chi connectivity index (χ1) is 8.94. The Morgan fingerprint density at radius 3 is 2.16 bits per heavy atom. The topological polar surface area (TPSA) is 35.6 Å². The molecule has 1 amide bonds. The predicted octanol–water partition coefficient (Wildman–Crippen LogP) is 1.46. The lowest BCUT2D eigenvalue weighted by molar-refractivity contribution is -0.149. The standard InChI is InChI=1S/C15H29N3O/c1-12-6-5-7-13(2)18(12)14(19)15(3,4)17-10-8-16-9-11-17/h12-13,16H,5-11H2,1-4H3/t12-,13+. The van der Waals surface area contributed by atoms with E-state index in [4.69, 9.17) is 0 Å². The fraction of sp³-hybridized carbons (Fsp3) is 0.933. The van der Waals surface area contributed by atoms with E-state index in [0.717, 1.165) is 39.0 Å². The van der Waals surface area contributed by atoms with Gasteiger partial charge in [0.1, 0.15) is 0 Å². The second-order valence-electron chi connectivity index (χ2n) is 6.64. The van der Waals surface area contributed by atoms with Crippen molar-refractivity contribution in [3.05, 3.63) is 0 Å². The monoisotopic (exact) mass is 267 g/mol. The van der Waals surface area contributed by atoms with Crippen LogP contribution in [0.15, 0.2) is 0 Å². The van der Waals surface area contributed by atoms with Crippen LogP contribution >= 0.6 is 0 Å². The summed E-state index contributed by atoms with van der Waals surface area (Å²) in [6, 6.07) is 0.775. The number of carbonyl (C=O) groups is 1. The van der Waals surface area contributed by atoms with Gasteiger partial charge in [-0.2, -0.15) is 0 Å². The van der Waals surface area contributed by atoms with Gasteiger partial charge in [0, 0.05) is 38.3 Å². The molecule has 4 heteroatoms. The third-order valence-corrected chi connectivity index (χ3v) is 4.86. The molecule has 2 heterocycles. The molecule has 110 valence electrons. The number of piperazine rings is 1. The molecule has 2 aliphatic rings. The lowest BCUT2D eigenvalue weighted by atomic mass is 9.92. The molecule has 1 N–H and O–H groups in total. The smallest absolute Gasteiger partial charge is 0.243 e. The molecule has 0 spiro atoms. The molecule has 0 unspecified atom stereocenters. The Morgan fingerprint density at radius 1 is 1.11 bits per heavy atom. The van der Waals surface area contributed by atoms with Crippen LogP contribution in [0.5, 0.6) is 0 Å². The fourth-order valence-electron chi connectivity index (χ4n) is 3.50. The molecule has 2 saturated heterocycles. The molecule has 4 nitrogen and oxygen atoms in total. The van der Waals surface area contributed by atoms with E-state index in [2.05, 4.69) is 42.8 Å². The summed E-state index contributed by atoms with van der Waals surface area (Å²) in [6.07, 6.45) is 3.54. The Morgan fingerprint density at radius 2 is 1.63 bits per heavy atom. The molecular formula is C15H29N3O. The van der Waals surface area contributed by atoms with Crippen LogP contribution in [0.2, 0.25) is 0 Å². The van der Waals surface area contributed by atoms with Gasteiger partial charge in [-0.25, -0.2) is 0 Å². The number of carbonyl (C=O) groups excluding carboxylic acids is 1. The highest BCUT2D eigenvalue weighted by Crippen LogP contribution is 2.28. The zero-order valence-electron chi connectivity index (χ0n) is 12.9. The summed E-state index contributed by atoms with van der Waals surface area (Å²) in [6.45, 7) is 12.5. The lowest BCUT2D eigenvalue weighted by Crippen LogP contribution is -2.63.